The van der Waals surface area contributed by atoms with Gasteiger partial charge in [-0.05, 0) is 6.07 Å². The number of aryl methyl sites for hydroxylation is 1. The molecule has 3 aromatic heterocycles. The molecule has 3 heterocycles. The highest BCUT2D eigenvalue weighted by atomic mass is 15.2. The lowest BCUT2D eigenvalue weighted by molar-refractivity contribution is 0.768. The SMILES string of the molecule is Cn1cc(-c2nc(N)c3cc[nH]c3n2)cn1. The molecule has 0 fully saturated rings. The predicted molar refractivity (Wildman–Crippen MR) is 60.5 cm³/mol. The Bertz CT molecular complexity index is 650. The first-order chi connectivity index (χ1) is 7.74. The van der Waals surface area contributed by atoms with Crippen LogP contribution in [0.5, 0.6) is 0 Å². The standard InChI is InChI=1S/C10H10N6/c1-16-5-6(4-13-16)9-14-8(11)7-2-3-12-10(7)15-9/h2-5H,1H3,(H3,11,12,14,15). The average molecular weight is 214 g/mol. The molecular weight excluding hydrogens is 204 g/mol. The Morgan fingerprint density at radius 3 is 3.00 bits per heavy atom. The molecule has 0 aliphatic rings. The summed E-state index contributed by atoms with van der Waals surface area (Å²) in [5, 5.41) is 4.92. The van der Waals surface area contributed by atoms with Gasteiger partial charge in [-0.3, -0.25) is 4.68 Å². The average Bonchev–Trinajstić information content (AvgIpc) is 2.85. The Labute approximate surface area is 91.1 Å². The smallest absolute Gasteiger partial charge is 0.167 e. The number of nitrogens with zero attached hydrogens (tertiary/aromatic N) is 4. The lowest BCUT2D eigenvalue weighted by Gasteiger charge is -1.99. The summed E-state index contributed by atoms with van der Waals surface area (Å²) in [4.78, 5) is 11.6. The summed E-state index contributed by atoms with van der Waals surface area (Å²) in [5.41, 5.74) is 7.44. The normalized spacial score (nSPS) is 11.1. The highest BCUT2D eigenvalue weighted by Gasteiger charge is 2.08. The van der Waals surface area contributed by atoms with Gasteiger partial charge in [-0.1, -0.05) is 0 Å². The zero-order chi connectivity index (χ0) is 11.1. The number of rotatable bonds is 1. The predicted octanol–water partition coefficient (Wildman–Crippen LogP) is 0.941. The fourth-order valence-corrected chi connectivity index (χ4v) is 1.63. The van der Waals surface area contributed by atoms with E-state index in [1.165, 1.54) is 0 Å². The van der Waals surface area contributed by atoms with Gasteiger partial charge in [0.2, 0.25) is 0 Å². The van der Waals surface area contributed by atoms with E-state index in [1.54, 1.807) is 17.1 Å². The van der Waals surface area contributed by atoms with E-state index in [2.05, 4.69) is 20.1 Å². The Hall–Kier alpha value is -2.37. The van der Waals surface area contributed by atoms with Crippen LogP contribution in [0.1, 0.15) is 0 Å². The molecule has 0 atom stereocenters. The van der Waals surface area contributed by atoms with Crippen molar-refractivity contribution in [3.05, 3.63) is 24.7 Å². The van der Waals surface area contributed by atoms with Gasteiger partial charge in [-0.25, -0.2) is 9.97 Å². The van der Waals surface area contributed by atoms with Crippen LogP contribution in [-0.4, -0.2) is 24.7 Å². The van der Waals surface area contributed by atoms with E-state index in [0.717, 1.165) is 16.6 Å². The molecule has 0 saturated heterocycles. The molecule has 80 valence electrons. The minimum absolute atomic E-state index is 0.477. The maximum absolute atomic E-state index is 5.85. The Morgan fingerprint density at radius 1 is 1.38 bits per heavy atom. The number of H-pyrrole nitrogens is 1. The number of fused-ring (bicyclic) bond motifs is 1. The molecule has 3 rings (SSSR count). The third-order valence-electron chi connectivity index (χ3n) is 2.41. The summed E-state index contributed by atoms with van der Waals surface area (Å²) in [6, 6.07) is 1.86. The first-order valence-corrected chi connectivity index (χ1v) is 4.83. The van der Waals surface area contributed by atoms with Crippen LogP contribution >= 0.6 is 0 Å². The van der Waals surface area contributed by atoms with Gasteiger partial charge in [0.05, 0.1) is 17.1 Å². The molecule has 0 unspecified atom stereocenters. The minimum Gasteiger partial charge on any atom is -0.383 e. The van der Waals surface area contributed by atoms with Crippen LogP contribution < -0.4 is 5.73 Å². The summed E-state index contributed by atoms with van der Waals surface area (Å²) in [7, 11) is 1.85. The molecule has 0 radical (unpaired) electrons. The molecule has 0 bridgehead atoms. The maximum Gasteiger partial charge on any atom is 0.167 e. The van der Waals surface area contributed by atoms with Gasteiger partial charge in [-0.15, -0.1) is 0 Å². The van der Waals surface area contributed by atoms with E-state index >= 15 is 0 Å². The van der Waals surface area contributed by atoms with Crippen LogP contribution in [0.25, 0.3) is 22.4 Å². The third-order valence-corrected chi connectivity index (χ3v) is 2.41. The van der Waals surface area contributed by atoms with Gasteiger partial charge in [0, 0.05) is 19.4 Å². The molecule has 0 aliphatic carbocycles. The summed E-state index contributed by atoms with van der Waals surface area (Å²) >= 11 is 0. The monoisotopic (exact) mass is 214 g/mol. The largest absolute Gasteiger partial charge is 0.383 e. The molecule has 0 aromatic carbocycles. The molecule has 3 aromatic rings. The molecule has 3 N–H and O–H groups in total. The van der Waals surface area contributed by atoms with Crippen LogP contribution in [0.15, 0.2) is 24.7 Å². The fourth-order valence-electron chi connectivity index (χ4n) is 1.63. The lowest BCUT2D eigenvalue weighted by Crippen LogP contribution is -1.96. The third kappa shape index (κ3) is 1.23. The van der Waals surface area contributed by atoms with Crippen LogP contribution in [0.3, 0.4) is 0 Å². The molecule has 0 amide bonds. The van der Waals surface area contributed by atoms with Crippen molar-refractivity contribution in [2.45, 2.75) is 0 Å². The summed E-state index contributed by atoms with van der Waals surface area (Å²) < 4.78 is 1.70. The van der Waals surface area contributed by atoms with Crippen LogP contribution in [0, 0.1) is 0 Å². The number of hydrogen-bond acceptors (Lipinski definition) is 4. The quantitative estimate of drug-likeness (QED) is 0.631. The summed E-state index contributed by atoms with van der Waals surface area (Å²) in [6.45, 7) is 0. The minimum atomic E-state index is 0.477. The Balaban J connectivity index is 2.24. The second kappa shape index (κ2) is 3.06. The molecule has 0 saturated carbocycles. The van der Waals surface area contributed by atoms with E-state index in [9.17, 15) is 0 Å². The van der Waals surface area contributed by atoms with E-state index in [4.69, 9.17) is 5.73 Å². The number of anilines is 1. The van der Waals surface area contributed by atoms with Gasteiger partial charge in [0.15, 0.2) is 5.82 Å². The molecule has 6 heteroatoms. The van der Waals surface area contributed by atoms with E-state index < -0.39 is 0 Å². The van der Waals surface area contributed by atoms with Crippen LogP contribution in [0.2, 0.25) is 0 Å². The van der Waals surface area contributed by atoms with E-state index in [1.807, 2.05) is 19.3 Å². The molecular formula is C10H10N6. The maximum atomic E-state index is 5.85. The van der Waals surface area contributed by atoms with Crippen LogP contribution in [-0.2, 0) is 7.05 Å². The van der Waals surface area contributed by atoms with Crippen molar-refractivity contribution in [2.24, 2.45) is 7.05 Å². The second-order valence-electron chi connectivity index (χ2n) is 3.58. The summed E-state index contributed by atoms with van der Waals surface area (Å²) in [6.07, 6.45) is 5.36. The first-order valence-electron chi connectivity index (χ1n) is 4.83. The highest BCUT2D eigenvalue weighted by Crippen LogP contribution is 2.21. The topological polar surface area (TPSA) is 85.4 Å². The van der Waals surface area contributed by atoms with Gasteiger partial charge in [0.1, 0.15) is 11.5 Å². The van der Waals surface area contributed by atoms with Crippen molar-refractivity contribution in [3.63, 3.8) is 0 Å². The number of nitrogens with one attached hydrogen (secondary N) is 1. The lowest BCUT2D eigenvalue weighted by atomic mass is 10.3. The number of nitrogen functional groups attached to an aromatic ring is 1. The number of aromatic amines is 1. The second-order valence-corrected chi connectivity index (χ2v) is 3.58. The summed E-state index contributed by atoms with van der Waals surface area (Å²) in [5.74, 6) is 1.06. The van der Waals surface area contributed by atoms with Gasteiger partial charge in [-0.2, -0.15) is 5.10 Å². The highest BCUT2D eigenvalue weighted by molar-refractivity contribution is 5.87. The van der Waals surface area contributed by atoms with Crippen molar-refractivity contribution in [1.82, 2.24) is 24.7 Å². The Kier molecular flexibility index (Phi) is 1.70. The van der Waals surface area contributed by atoms with Crippen molar-refractivity contribution < 1.29 is 0 Å². The van der Waals surface area contributed by atoms with Crippen molar-refractivity contribution in [3.8, 4) is 11.4 Å². The van der Waals surface area contributed by atoms with Gasteiger partial charge < -0.3 is 10.7 Å². The molecule has 0 spiro atoms. The van der Waals surface area contributed by atoms with E-state index in [-0.39, 0.29) is 0 Å². The first kappa shape index (κ1) is 8.90. The zero-order valence-electron chi connectivity index (χ0n) is 8.68. The van der Waals surface area contributed by atoms with Gasteiger partial charge in [0.25, 0.3) is 0 Å². The van der Waals surface area contributed by atoms with Crippen molar-refractivity contribution >= 4 is 16.9 Å². The zero-order valence-corrected chi connectivity index (χ0v) is 8.68. The van der Waals surface area contributed by atoms with Crippen molar-refractivity contribution in [2.75, 3.05) is 5.73 Å². The van der Waals surface area contributed by atoms with E-state index in [0.29, 0.717) is 11.6 Å². The van der Waals surface area contributed by atoms with Gasteiger partial charge >= 0.3 is 0 Å². The number of nitrogens with two attached hydrogens (primary N) is 1. The fraction of sp³-hybridized carbons (Fsp3) is 0.100. The Morgan fingerprint density at radius 2 is 2.25 bits per heavy atom. The van der Waals surface area contributed by atoms with Crippen molar-refractivity contribution in [1.29, 1.82) is 0 Å². The number of aromatic nitrogens is 5. The molecule has 16 heavy (non-hydrogen) atoms. The molecule has 0 aliphatic heterocycles. The molecule has 6 nitrogen and oxygen atoms in total. The van der Waals surface area contributed by atoms with Crippen LogP contribution in [0.4, 0.5) is 5.82 Å². The number of hydrogen-bond donors (Lipinski definition) is 2.